The Balaban J connectivity index is 1.88. The minimum absolute atomic E-state index is 0.148. The van der Waals surface area contributed by atoms with Crippen LogP contribution in [-0.4, -0.2) is 29.5 Å². The maximum absolute atomic E-state index is 6.27. The summed E-state index contributed by atoms with van der Waals surface area (Å²) in [5.74, 6) is 0.868. The van der Waals surface area contributed by atoms with Gasteiger partial charge in [0.2, 0.25) is 0 Å². The van der Waals surface area contributed by atoms with Crippen molar-refractivity contribution in [3.05, 3.63) is 36.0 Å². The molecular formula is C14H17ClN6. The van der Waals surface area contributed by atoms with E-state index in [-0.39, 0.29) is 5.38 Å². The standard InChI is InChI=1S/C14H17ClN6/c1-10-4-5-16-14-12(10)18-13(11(2)15)21(14)8-3-7-20-9-6-17-19-20/h4-6,9,11H,3,7-8H2,1-2H3. The molecule has 3 aromatic heterocycles. The third-order valence-corrected chi connectivity index (χ3v) is 3.66. The van der Waals surface area contributed by atoms with Crippen molar-refractivity contribution in [1.82, 2.24) is 29.5 Å². The quantitative estimate of drug-likeness (QED) is 0.680. The van der Waals surface area contributed by atoms with Gasteiger partial charge in [0.15, 0.2) is 5.65 Å². The first kappa shape index (κ1) is 14.0. The molecule has 0 aliphatic carbocycles. The predicted molar refractivity (Wildman–Crippen MR) is 81.2 cm³/mol. The third kappa shape index (κ3) is 2.76. The van der Waals surface area contributed by atoms with Crippen molar-refractivity contribution in [3.63, 3.8) is 0 Å². The van der Waals surface area contributed by atoms with Crippen LogP contribution in [0.25, 0.3) is 11.2 Å². The summed E-state index contributed by atoms with van der Waals surface area (Å²) in [5.41, 5.74) is 2.95. The number of halogens is 1. The summed E-state index contributed by atoms with van der Waals surface area (Å²) in [7, 11) is 0. The molecular weight excluding hydrogens is 288 g/mol. The number of nitrogens with zero attached hydrogens (tertiary/aromatic N) is 6. The van der Waals surface area contributed by atoms with E-state index in [1.165, 1.54) is 0 Å². The van der Waals surface area contributed by atoms with E-state index in [1.807, 2.05) is 37.0 Å². The van der Waals surface area contributed by atoms with Gasteiger partial charge in [-0.3, -0.25) is 4.68 Å². The Labute approximate surface area is 127 Å². The molecule has 7 heteroatoms. The summed E-state index contributed by atoms with van der Waals surface area (Å²) in [6, 6.07) is 1.97. The number of rotatable bonds is 5. The largest absolute Gasteiger partial charge is 0.311 e. The van der Waals surface area contributed by atoms with Crippen LogP contribution in [0.1, 0.15) is 30.1 Å². The summed E-state index contributed by atoms with van der Waals surface area (Å²) < 4.78 is 3.93. The first-order valence-electron chi connectivity index (χ1n) is 6.96. The maximum atomic E-state index is 6.27. The van der Waals surface area contributed by atoms with Gasteiger partial charge >= 0.3 is 0 Å². The maximum Gasteiger partial charge on any atom is 0.160 e. The highest BCUT2D eigenvalue weighted by atomic mass is 35.5. The monoisotopic (exact) mass is 304 g/mol. The predicted octanol–water partition coefficient (Wildman–Crippen LogP) is 2.72. The van der Waals surface area contributed by atoms with Gasteiger partial charge in [0, 0.05) is 25.5 Å². The number of aromatic nitrogens is 6. The van der Waals surface area contributed by atoms with Gasteiger partial charge in [-0.25, -0.2) is 9.97 Å². The normalized spacial score (nSPS) is 12.9. The first-order valence-corrected chi connectivity index (χ1v) is 7.40. The zero-order valence-electron chi connectivity index (χ0n) is 12.1. The summed E-state index contributed by atoms with van der Waals surface area (Å²) in [6.45, 7) is 5.59. The molecule has 0 saturated heterocycles. The van der Waals surface area contributed by atoms with E-state index in [4.69, 9.17) is 11.6 Å². The van der Waals surface area contributed by atoms with Crippen LogP contribution >= 0.6 is 11.6 Å². The number of imidazole rings is 1. The van der Waals surface area contributed by atoms with Gasteiger partial charge in [-0.1, -0.05) is 5.21 Å². The smallest absolute Gasteiger partial charge is 0.160 e. The molecule has 0 radical (unpaired) electrons. The minimum Gasteiger partial charge on any atom is -0.311 e. The van der Waals surface area contributed by atoms with Crippen molar-refractivity contribution in [2.45, 2.75) is 38.7 Å². The Morgan fingerprint density at radius 2 is 2.14 bits per heavy atom. The Bertz CT molecular complexity index is 731. The molecule has 6 nitrogen and oxygen atoms in total. The van der Waals surface area contributed by atoms with Gasteiger partial charge in [0.25, 0.3) is 0 Å². The van der Waals surface area contributed by atoms with Crippen LogP contribution in [0.3, 0.4) is 0 Å². The lowest BCUT2D eigenvalue weighted by Gasteiger charge is -2.09. The Morgan fingerprint density at radius 1 is 1.29 bits per heavy atom. The van der Waals surface area contributed by atoms with E-state index in [9.17, 15) is 0 Å². The van der Waals surface area contributed by atoms with Crippen molar-refractivity contribution in [1.29, 1.82) is 0 Å². The topological polar surface area (TPSA) is 61.4 Å². The van der Waals surface area contributed by atoms with Crippen molar-refractivity contribution >= 4 is 22.8 Å². The number of pyridine rings is 1. The first-order chi connectivity index (χ1) is 10.2. The molecule has 0 saturated carbocycles. The van der Waals surface area contributed by atoms with Crippen LogP contribution in [0.4, 0.5) is 0 Å². The van der Waals surface area contributed by atoms with Gasteiger partial charge in [-0.2, -0.15) is 0 Å². The van der Waals surface area contributed by atoms with Crippen molar-refractivity contribution in [2.24, 2.45) is 0 Å². The van der Waals surface area contributed by atoms with Gasteiger partial charge < -0.3 is 4.57 Å². The van der Waals surface area contributed by atoms with Gasteiger partial charge in [-0.15, -0.1) is 16.7 Å². The minimum atomic E-state index is -0.148. The number of aryl methyl sites for hydroxylation is 3. The highest BCUT2D eigenvalue weighted by Gasteiger charge is 2.16. The molecule has 3 rings (SSSR count). The second-order valence-corrected chi connectivity index (χ2v) is 5.71. The molecule has 0 bridgehead atoms. The fourth-order valence-corrected chi connectivity index (χ4v) is 2.59. The molecule has 1 unspecified atom stereocenters. The molecule has 3 heterocycles. The lowest BCUT2D eigenvalue weighted by molar-refractivity contribution is 0.510. The number of hydrogen-bond donors (Lipinski definition) is 0. The van der Waals surface area contributed by atoms with E-state index < -0.39 is 0 Å². The average Bonchev–Trinajstić information content (AvgIpc) is 3.08. The van der Waals surface area contributed by atoms with Crippen LogP contribution in [0.2, 0.25) is 0 Å². The summed E-state index contributed by atoms with van der Waals surface area (Å²) in [6.07, 6.45) is 6.28. The highest BCUT2D eigenvalue weighted by Crippen LogP contribution is 2.25. The van der Waals surface area contributed by atoms with E-state index in [0.29, 0.717) is 0 Å². The van der Waals surface area contributed by atoms with Crippen molar-refractivity contribution < 1.29 is 0 Å². The summed E-state index contributed by atoms with van der Waals surface area (Å²) in [5, 5.41) is 7.63. The van der Waals surface area contributed by atoms with Gasteiger partial charge in [0.1, 0.15) is 11.3 Å². The fraction of sp³-hybridized carbons (Fsp3) is 0.429. The highest BCUT2D eigenvalue weighted by molar-refractivity contribution is 6.20. The Morgan fingerprint density at radius 3 is 2.86 bits per heavy atom. The van der Waals surface area contributed by atoms with E-state index in [2.05, 4.69) is 24.8 Å². The molecule has 0 N–H and O–H groups in total. The fourth-order valence-electron chi connectivity index (χ4n) is 2.42. The van der Waals surface area contributed by atoms with Crippen LogP contribution in [0.15, 0.2) is 24.7 Å². The summed E-state index contributed by atoms with van der Waals surface area (Å²) in [4.78, 5) is 9.13. The van der Waals surface area contributed by atoms with Crippen LogP contribution in [0, 0.1) is 6.92 Å². The van der Waals surface area contributed by atoms with Gasteiger partial charge in [-0.05, 0) is 31.9 Å². The van der Waals surface area contributed by atoms with Crippen LogP contribution in [-0.2, 0) is 13.1 Å². The van der Waals surface area contributed by atoms with Crippen molar-refractivity contribution in [2.75, 3.05) is 0 Å². The number of fused-ring (bicyclic) bond motifs is 1. The molecule has 110 valence electrons. The molecule has 0 aliphatic heterocycles. The van der Waals surface area contributed by atoms with Gasteiger partial charge in [0.05, 0.1) is 11.6 Å². The molecule has 0 spiro atoms. The molecule has 0 fully saturated rings. The zero-order chi connectivity index (χ0) is 14.8. The number of alkyl halides is 1. The third-order valence-electron chi connectivity index (χ3n) is 3.46. The van der Waals surface area contributed by atoms with E-state index in [1.54, 1.807) is 6.20 Å². The molecule has 3 aromatic rings. The Kier molecular flexibility index (Phi) is 3.88. The van der Waals surface area contributed by atoms with Crippen LogP contribution in [0.5, 0.6) is 0 Å². The van der Waals surface area contributed by atoms with E-state index >= 15 is 0 Å². The SMILES string of the molecule is Cc1ccnc2c1nc(C(C)Cl)n2CCCn1ccnn1. The molecule has 21 heavy (non-hydrogen) atoms. The van der Waals surface area contributed by atoms with Crippen molar-refractivity contribution in [3.8, 4) is 0 Å². The van der Waals surface area contributed by atoms with E-state index in [0.717, 1.165) is 42.1 Å². The summed E-state index contributed by atoms with van der Waals surface area (Å²) >= 11 is 6.27. The second kappa shape index (κ2) is 5.81. The second-order valence-electron chi connectivity index (χ2n) is 5.06. The zero-order valence-corrected chi connectivity index (χ0v) is 12.8. The lowest BCUT2D eigenvalue weighted by Crippen LogP contribution is -2.08. The molecule has 1 atom stereocenters. The molecule has 0 amide bonds. The Hall–Kier alpha value is -1.95. The average molecular weight is 305 g/mol. The molecule has 0 aromatic carbocycles. The lowest BCUT2D eigenvalue weighted by atomic mass is 10.3. The number of hydrogen-bond acceptors (Lipinski definition) is 4. The molecule has 0 aliphatic rings. The van der Waals surface area contributed by atoms with Crippen LogP contribution < -0.4 is 0 Å².